The van der Waals surface area contributed by atoms with E-state index in [1.165, 1.54) is 10.5 Å². The van der Waals surface area contributed by atoms with Gasteiger partial charge in [-0.2, -0.15) is 0 Å². The van der Waals surface area contributed by atoms with Crippen molar-refractivity contribution in [1.82, 2.24) is 15.0 Å². The molecule has 3 rings (SSSR count). The lowest BCUT2D eigenvalue weighted by Crippen LogP contribution is -2.16. The number of aromatic carboxylic acids is 1. The fourth-order valence-electron chi connectivity index (χ4n) is 2.54. The van der Waals surface area contributed by atoms with E-state index in [4.69, 9.17) is 5.11 Å². The topological polar surface area (TPSA) is 68.0 Å². The largest absolute Gasteiger partial charge is 0.476 e. The molecule has 1 aliphatic rings. The molecule has 0 saturated carbocycles. The van der Waals surface area contributed by atoms with Crippen molar-refractivity contribution in [3.63, 3.8) is 0 Å². The van der Waals surface area contributed by atoms with Gasteiger partial charge in [-0.3, -0.25) is 0 Å². The van der Waals surface area contributed by atoms with E-state index in [1.54, 1.807) is 4.68 Å². The van der Waals surface area contributed by atoms with Gasteiger partial charge in [0.2, 0.25) is 0 Å². The van der Waals surface area contributed by atoms with Crippen LogP contribution in [0.1, 0.15) is 28.7 Å². The first-order valence-electron chi connectivity index (χ1n) is 6.59. The second-order valence-electron chi connectivity index (χ2n) is 4.78. The quantitative estimate of drug-likeness (QED) is 0.935. The second kappa shape index (κ2) is 5.28. The maximum Gasteiger partial charge on any atom is 0.358 e. The van der Waals surface area contributed by atoms with Gasteiger partial charge in [0.15, 0.2) is 5.69 Å². The minimum atomic E-state index is -1.00. The number of thioether (sulfide) groups is 1. The predicted octanol–water partition coefficient (Wildman–Crippen LogP) is 2.26. The van der Waals surface area contributed by atoms with Crippen LogP contribution in [0, 0.1) is 0 Å². The molecule has 0 saturated heterocycles. The summed E-state index contributed by atoms with van der Waals surface area (Å²) in [7, 11) is 0. The van der Waals surface area contributed by atoms with E-state index in [9.17, 15) is 4.79 Å². The van der Waals surface area contributed by atoms with Crippen LogP contribution in [0.25, 0.3) is 0 Å². The van der Waals surface area contributed by atoms with E-state index in [0.717, 1.165) is 6.42 Å². The standard InChI is InChI=1S/C14H15N3O2S/c1-2-11-13(14(18)19)15-16-17(11)8-10-7-9-5-3-4-6-12(9)20-10/h3-6,10H,2,7-8H2,1H3,(H,18,19). The highest BCUT2D eigenvalue weighted by molar-refractivity contribution is 8.00. The van der Waals surface area contributed by atoms with Crippen molar-refractivity contribution in [1.29, 1.82) is 0 Å². The average Bonchev–Trinajstić information content (AvgIpc) is 3.01. The van der Waals surface area contributed by atoms with Crippen LogP contribution in [0.5, 0.6) is 0 Å². The van der Waals surface area contributed by atoms with Crippen LogP contribution in [0.2, 0.25) is 0 Å². The van der Waals surface area contributed by atoms with Crippen LogP contribution < -0.4 is 0 Å². The molecule has 1 aliphatic heterocycles. The first-order chi connectivity index (χ1) is 9.69. The van der Waals surface area contributed by atoms with Gasteiger partial charge in [0.05, 0.1) is 12.2 Å². The Bertz CT molecular complexity index is 629. The van der Waals surface area contributed by atoms with Crippen molar-refractivity contribution in [2.45, 2.75) is 36.5 Å². The van der Waals surface area contributed by atoms with E-state index in [2.05, 4.69) is 28.5 Å². The molecule has 1 aromatic carbocycles. The van der Waals surface area contributed by atoms with Gasteiger partial charge in [-0.15, -0.1) is 16.9 Å². The summed E-state index contributed by atoms with van der Waals surface area (Å²) in [6.45, 7) is 2.63. The monoisotopic (exact) mass is 289 g/mol. The summed E-state index contributed by atoms with van der Waals surface area (Å²) >= 11 is 1.83. The molecule has 0 amide bonds. The van der Waals surface area contributed by atoms with Gasteiger partial charge in [0, 0.05) is 10.1 Å². The molecule has 1 N–H and O–H groups in total. The van der Waals surface area contributed by atoms with E-state index in [0.29, 0.717) is 23.9 Å². The summed E-state index contributed by atoms with van der Waals surface area (Å²) in [4.78, 5) is 12.4. The molecule has 0 bridgehead atoms. The van der Waals surface area contributed by atoms with Gasteiger partial charge in [-0.25, -0.2) is 9.48 Å². The average molecular weight is 289 g/mol. The number of carboxylic acids is 1. The number of aromatic nitrogens is 3. The molecule has 0 radical (unpaired) electrons. The summed E-state index contributed by atoms with van der Waals surface area (Å²) < 4.78 is 1.74. The summed E-state index contributed by atoms with van der Waals surface area (Å²) in [5.74, 6) is -1.00. The van der Waals surface area contributed by atoms with Crippen LogP contribution >= 0.6 is 11.8 Å². The summed E-state index contributed by atoms with van der Waals surface area (Å²) in [5.41, 5.74) is 2.14. The van der Waals surface area contributed by atoms with Crippen molar-refractivity contribution >= 4 is 17.7 Å². The molecule has 2 aromatic rings. The SMILES string of the molecule is CCc1c(C(=O)O)nnn1CC1Cc2ccccc2S1. The number of carboxylic acid groups (broad SMARTS) is 1. The van der Waals surface area contributed by atoms with Crippen molar-refractivity contribution in [2.24, 2.45) is 0 Å². The highest BCUT2D eigenvalue weighted by Crippen LogP contribution is 2.37. The minimum absolute atomic E-state index is 0.0769. The first kappa shape index (κ1) is 13.2. The molecule has 0 fully saturated rings. The van der Waals surface area contributed by atoms with Gasteiger partial charge in [0.25, 0.3) is 0 Å². The lowest BCUT2D eigenvalue weighted by atomic mass is 10.1. The molecule has 1 unspecified atom stereocenters. The second-order valence-corrected chi connectivity index (χ2v) is 6.12. The normalized spacial score (nSPS) is 17.1. The molecule has 1 atom stereocenters. The fourth-order valence-corrected chi connectivity index (χ4v) is 3.84. The number of benzene rings is 1. The summed E-state index contributed by atoms with van der Waals surface area (Å²) in [6, 6.07) is 8.37. The van der Waals surface area contributed by atoms with Crippen LogP contribution in [0.4, 0.5) is 0 Å². The van der Waals surface area contributed by atoms with Gasteiger partial charge in [-0.1, -0.05) is 30.3 Å². The van der Waals surface area contributed by atoms with Crippen LogP contribution in [0.3, 0.4) is 0 Å². The maximum atomic E-state index is 11.1. The lowest BCUT2D eigenvalue weighted by molar-refractivity contribution is 0.0689. The van der Waals surface area contributed by atoms with E-state index < -0.39 is 5.97 Å². The molecular weight excluding hydrogens is 274 g/mol. The fraction of sp³-hybridized carbons (Fsp3) is 0.357. The maximum absolute atomic E-state index is 11.1. The Morgan fingerprint density at radius 3 is 3.00 bits per heavy atom. The number of nitrogens with zero attached hydrogens (tertiary/aromatic N) is 3. The zero-order chi connectivity index (χ0) is 14.1. The van der Waals surface area contributed by atoms with Gasteiger partial charge >= 0.3 is 5.97 Å². The Morgan fingerprint density at radius 2 is 2.30 bits per heavy atom. The third-order valence-electron chi connectivity index (χ3n) is 3.47. The van der Waals surface area contributed by atoms with Crippen molar-refractivity contribution in [3.05, 3.63) is 41.2 Å². The first-order valence-corrected chi connectivity index (χ1v) is 7.47. The van der Waals surface area contributed by atoms with Crippen molar-refractivity contribution in [3.8, 4) is 0 Å². The van der Waals surface area contributed by atoms with Crippen molar-refractivity contribution in [2.75, 3.05) is 0 Å². The zero-order valence-corrected chi connectivity index (χ0v) is 11.9. The molecule has 2 heterocycles. The number of hydrogen-bond acceptors (Lipinski definition) is 4. The van der Waals surface area contributed by atoms with Crippen molar-refractivity contribution < 1.29 is 9.90 Å². The Labute approximate surface area is 121 Å². The highest BCUT2D eigenvalue weighted by Gasteiger charge is 2.25. The third kappa shape index (κ3) is 2.31. The van der Waals surface area contributed by atoms with Crippen LogP contribution in [-0.4, -0.2) is 31.3 Å². The predicted molar refractivity (Wildman–Crippen MR) is 76.2 cm³/mol. The van der Waals surface area contributed by atoms with E-state index in [-0.39, 0.29) is 5.69 Å². The van der Waals surface area contributed by atoms with Crippen LogP contribution in [-0.2, 0) is 19.4 Å². The minimum Gasteiger partial charge on any atom is -0.476 e. The third-order valence-corrected chi connectivity index (χ3v) is 4.77. The lowest BCUT2D eigenvalue weighted by Gasteiger charge is -2.10. The zero-order valence-electron chi connectivity index (χ0n) is 11.1. The molecular formula is C14H15N3O2S. The smallest absolute Gasteiger partial charge is 0.358 e. The molecule has 20 heavy (non-hydrogen) atoms. The molecule has 0 aliphatic carbocycles. The van der Waals surface area contributed by atoms with Gasteiger partial charge < -0.3 is 5.11 Å². The van der Waals surface area contributed by atoms with Gasteiger partial charge in [0.1, 0.15) is 0 Å². The number of hydrogen-bond donors (Lipinski definition) is 1. The Hall–Kier alpha value is -1.82. The van der Waals surface area contributed by atoms with Crippen LogP contribution in [0.15, 0.2) is 29.2 Å². The molecule has 1 aromatic heterocycles. The Morgan fingerprint density at radius 1 is 1.50 bits per heavy atom. The number of fused-ring (bicyclic) bond motifs is 1. The number of rotatable bonds is 4. The molecule has 5 nitrogen and oxygen atoms in total. The molecule has 6 heteroatoms. The summed E-state index contributed by atoms with van der Waals surface area (Å²) in [5, 5.41) is 17.3. The van der Waals surface area contributed by atoms with Gasteiger partial charge in [-0.05, 0) is 24.5 Å². The van der Waals surface area contributed by atoms with E-state index >= 15 is 0 Å². The molecule has 0 spiro atoms. The Kier molecular flexibility index (Phi) is 3.48. The van der Waals surface area contributed by atoms with E-state index in [1.807, 2.05) is 24.8 Å². The summed E-state index contributed by atoms with van der Waals surface area (Å²) in [6.07, 6.45) is 1.62. The highest BCUT2D eigenvalue weighted by atomic mass is 32.2. The molecule has 104 valence electrons. The Balaban J connectivity index is 1.79. The number of carbonyl (C=O) groups is 1.